The average molecular weight is 157 g/mol. The van der Waals surface area contributed by atoms with Crippen LogP contribution in [0.4, 0.5) is 0 Å². The second-order valence-corrected chi connectivity index (χ2v) is 3.47. The van der Waals surface area contributed by atoms with Gasteiger partial charge in [-0.05, 0) is 37.1 Å². The number of aldehydes is 1. The number of hydrogen-bond donors (Lipinski definition) is 0. The Hall–Kier alpha value is -0.590. The zero-order chi connectivity index (χ0) is 12.8. The van der Waals surface area contributed by atoms with Crippen molar-refractivity contribution >= 4 is 6.29 Å². The van der Waals surface area contributed by atoms with Crippen LogP contribution in [-0.2, 0) is 4.79 Å². The van der Waals surface area contributed by atoms with Crippen molar-refractivity contribution in [2.24, 2.45) is 5.41 Å². The Morgan fingerprint density at radius 2 is 2.45 bits per heavy atom. The van der Waals surface area contributed by atoms with Crippen molar-refractivity contribution in [3.8, 4) is 0 Å². The number of allylic oxidation sites excluding steroid dienone is 2. The Bertz CT molecular complexity index is 338. The van der Waals surface area contributed by atoms with Gasteiger partial charge in [0.05, 0.1) is 0 Å². The van der Waals surface area contributed by atoms with Crippen LogP contribution in [-0.4, -0.2) is 6.29 Å². The van der Waals surface area contributed by atoms with E-state index in [4.69, 9.17) is 6.85 Å². The summed E-state index contributed by atoms with van der Waals surface area (Å²) in [4.78, 5) is 11.0. The molecule has 0 heterocycles. The third kappa shape index (κ3) is 1.52. The van der Waals surface area contributed by atoms with Crippen LogP contribution in [0.3, 0.4) is 0 Å². The molecule has 1 nitrogen and oxygen atoms in total. The molecular formula is C10H16O. The van der Waals surface area contributed by atoms with Crippen molar-refractivity contribution in [1.82, 2.24) is 0 Å². The standard InChI is InChI=1S/C10H16O/c1-8-5-4-6-10(2,3)9(8)7-11/h7H,4-6H2,1-3H3/i1D3,5D2. The zero-order valence-electron chi connectivity index (χ0n) is 11.9. The average Bonchev–Trinajstić information content (AvgIpc) is 2.07. The molecule has 0 spiro atoms. The molecular weight excluding hydrogens is 136 g/mol. The van der Waals surface area contributed by atoms with Gasteiger partial charge in [-0.3, -0.25) is 4.79 Å². The largest absolute Gasteiger partial charge is 0.298 e. The number of hydrogen-bond acceptors (Lipinski definition) is 1. The van der Waals surface area contributed by atoms with Crippen LogP contribution in [0.5, 0.6) is 0 Å². The van der Waals surface area contributed by atoms with Crippen LogP contribution >= 0.6 is 0 Å². The molecule has 0 aromatic heterocycles. The highest BCUT2D eigenvalue weighted by molar-refractivity contribution is 5.76. The molecule has 0 aromatic carbocycles. The molecule has 0 unspecified atom stereocenters. The van der Waals surface area contributed by atoms with E-state index in [2.05, 4.69) is 0 Å². The summed E-state index contributed by atoms with van der Waals surface area (Å²) in [5.41, 5.74) is -0.771. The van der Waals surface area contributed by atoms with Crippen LogP contribution in [0.15, 0.2) is 11.1 Å². The van der Waals surface area contributed by atoms with Crippen molar-refractivity contribution in [2.75, 3.05) is 0 Å². The molecule has 1 heteroatoms. The van der Waals surface area contributed by atoms with Crippen molar-refractivity contribution < 1.29 is 11.6 Å². The minimum absolute atomic E-state index is 0.101. The topological polar surface area (TPSA) is 17.1 Å². The summed E-state index contributed by atoms with van der Waals surface area (Å²) >= 11 is 0. The Labute approximate surface area is 75.5 Å². The summed E-state index contributed by atoms with van der Waals surface area (Å²) < 4.78 is 37.6. The summed E-state index contributed by atoms with van der Waals surface area (Å²) in [5, 5.41) is 0. The molecule has 62 valence electrons. The van der Waals surface area contributed by atoms with E-state index in [0.717, 1.165) is 0 Å². The van der Waals surface area contributed by atoms with Crippen molar-refractivity contribution in [3.05, 3.63) is 11.1 Å². The first-order chi connectivity index (χ1) is 7.02. The van der Waals surface area contributed by atoms with E-state index in [1.54, 1.807) is 13.8 Å². The summed E-state index contributed by atoms with van der Waals surface area (Å²) in [6.45, 7) is 1.01. The zero-order valence-corrected chi connectivity index (χ0v) is 6.90. The SMILES string of the molecule is [2H]C([2H])([2H])C1=C(C=O)C(C)(C)CCC1([2H])[2H]. The molecule has 0 saturated heterocycles. The number of carbonyl (C=O) groups is 1. The third-order valence-electron chi connectivity index (χ3n) is 2.17. The monoisotopic (exact) mass is 157 g/mol. The van der Waals surface area contributed by atoms with Crippen LogP contribution in [0.1, 0.15) is 46.8 Å². The highest BCUT2D eigenvalue weighted by Gasteiger charge is 2.27. The predicted octanol–water partition coefficient (Wildman–Crippen LogP) is 2.71. The predicted molar refractivity (Wildman–Crippen MR) is 46.4 cm³/mol. The Morgan fingerprint density at radius 3 is 2.91 bits per heavy atom. The Morgan fingerprint density at radius 1 is 1.73 bits per heavy atom. The lowest BCUT2D eigenvalue weighted by atomic mass is 9.73. The first-order valence-electron chi connectivity index (χ1n) is 6.23. The van der Waals surface area contributed by atoms with Crippen LogP contribution in [0.2, 0.25) is 0 Å². The van der Waals surface area contributed by atoms with E-state index in [-0.39, 0.29) is 17.6 Å². The van der Waals surface area contributed by atoms with Crippen LogP contribution < -0.4 is 0 Å². The molecule has 0 radical (unpaired) electrons. The van der Waals surface area contributed by atoms with Crippen molar-refractivity contribution in [1.29, 1.82) is 0 Å². The molecule has 0 amide bonds. The molecule has 1 aliphatic carbocycles. The summed E-state index contributed by atoms with van der Waals surface area (Å²) in [6.07, 6.45) is -0.783. The number of rotatable bonds is 1. The molecule has 1 rings (SSSR count). The fourth-order valence-corrected chi connectivity index (χ4v) is 1.29. The quantitative estimate of drug-likeness (QED) is 0.535. The Balaban J connectivity index is 3.49. The second-order valence-electron chi connectivity index (χ2n) is 3.47. The molecule has 0 aliphatic heterocycles. The van der Waals surface area contributed by atoms with Crippen molar-refractivity contribution in [2.45, 2.75) is 39.9 Å². The lowest BCUT2D eigenvalue weighted by Crippen LogP contribution is -2.21. The van der Waals surface area contributed by atoms with Crippen LogP contribution in [0.25, 0.3) is 0 Å². The van der Waals surface area contributed by atoms with Crippen LogP contribution in [0, 0.1) is 5.41 Å². The van der Waals surface area contributed by atoms with E-state index in [0.29, 0.717) is 12.7 Å². The van der Waals surface area contributed by atoms with E-state index < -0.39 is 18.6 Å². The summed E-state index contributed by atoms with van der Waals surface area (Å²) in [5.74, 6) is 0. The fourth-order valence-electron chi connectivity index (χ4n) is 1.29. The minimum atomic E-state index is -2.54. The van der Waals surface area contributed by atoms with Gasteiger partial charge in [0.2, 0.25) is 0 Å². The Kier molecular flexibility index (Phi) is 0.989. The first-order valence-corrected chi connectivity index (χ1v) is 3.73. The van der Waals surface area contributed by atoms with E-state index in [1.807, 2.05) is 0 Å². The van der Waals surface area contributed by atoms with Gasteiger partial charge in [0.25, 0.3) is 0 Å². The molecule has 0 aromatic rings. The number of carbonyl (C=O) groups excluding carboxylic acids is 1. The molecule has 1 aliphatic rings. The molecule has 0 fully saturated rings. The van der Waals surface area contributed by atoms with Gasteiger partial charge < -0.3 is 0 Å². The molecule has 0 bridgehead atoms. The maximum atomic E-state index is 11.0. The minimum Gasteiger partial charge on any atom is -0.298 e. The van der Waals surface area contributed by atoms with Gasteiger partial charge in [0.1, 0.15) is 6.29 Å². The van der Waals surface area contributed by atoms with Gasteiger partial charge in [0, 0.05) is 6.85 Å². The van der Waals surface area contributed by atoms with Gasteiger partial charge in [0.15, 0.2) is 0 Å². The summed E-state index contributed by atoms with van der Waals surface area (Å²) in [7, 11) is 0. The maximum absolute atomic E-state index is 11.0. The lowest BCUT2D eigenvalue weighted by Gasteiger charge is -2.31. The van der Waals surface area contributed by atoms with E-state index >= 15 is 0 Å². The first kappa shape index (κ1) is 3.88. The van der Waals surface area contributed by atoms with Gasteiger partial charge in [-0.15, -0.1) is 0 Å². The third-order valence-corrected chi connectivity index (χ3v) is 2.17. The molecule has 0 N–H and O–H groups in total. The van der Waals surface area contributed by atoms with Gasteiger partial charge in [-0.25, -0.2) is 0 Å². The van der Waals surface area contributed by atoms with E-state index in [1.165, 1.54) is 0 Å². The lowest BCUT2D eigenvalue weighted by molar-refractivity contribution is -0.106. The van der Waals surface area contributed by atoms with Gasteiger partial charge >= 0.3 is 0 Å². The highest BCUT2D eigenvalue weighted by Crippen LogP contribution is 2.38. The molecule has 0 atom stereocenters. The summed E-state index contributed by atoms with van der Waals surface area (Å²) in [6, 6.07) is 0. The molecule has 0 saturated carbocycles. The fraction of sp³-hybridized carbons (Fsp3) is 0.700. The maximum Gasteiger partial charge on any atom is 0.146 e. The van der Waals surface area contributed by atoms with E-state index in [9.17, 15) is 4.79 Å². The highest BCUT2D eigenvalue weighted by atomic mass is 16.1. The smallest absolute Gasteiger partial charge is 0.146 e. The van der Waals surface area contributed by atoms with Gasteiger partial charge in [-0.1, -0.05) is 19.4 Å². The molecule has 11 heavy (non-hydrogen) atoms. The second kappa shape index (κ2) is 2.80. The normalized spacial score (nSPS) is 36.0. The van der Waals surface area contributed by atoms with Crippen molar-refractivity contribution in [3.63, 3.8) is 0 Å². The van der Waals surface area contributed by atoms with Gasteiger partial charge in [-0.2, -0.15) is 0 Å².